The molecule has 1 aromatic carbocycles. The highest BCUT2D eigenvalue weighted by atomic mass is 79.9. The topological polar surface area (TPSA) is 49.4 Å². The van der Waals surface area contributed by atoms with Crippen molar-refractivity contribution in [2.75, 3.05) is 6.54 Å². The van der Waals surface area contributed by atoms with Gasteiger partial charge in [0, 0.05) is 34.4 Å². The van der Waals surface area contributed by atoms with Crippen molar-refractivity contribution in [3.63, 3.8) is 0 Å². The van der Waals surface area contributed by atoms with Crippen molar-refractivity contribution < 1.29 is 9.59 Å². The van der Waals surface area contributed by atoms with Gasteiger partial charge in [0.2, 0.25) is 11.8 Å². The van der Waals surface area contributed by atoms with Gasteiger partial charge < -0.3 is 10.2 Å². The molecule has 1 saturated carbocycles. The fourth-order valence-corrected chi connectivity index (χ4v) is 4.15. The smallest absolute Gasteiger partial charge is 0.225 e. The van der Waals surface area contributed by atoms with Crippen LogP contribution in [0.15, 0.2) is 28.7 Å². The highest BCUT2D eigenvalue weighted by Gasteiger charge is 2.50. The molecule has 1 aliphatic heterocycles. The van der Waals surface area contributed by atoms with Crippen molar-refractivity contribution in [3.8, 4) is 0 Å². The Morgan fingerprint density at radius 1 is 1.28 bits per heavy atom. The summed E-state index contributed by atoms with van der Waals surface area (Å²) >= 11 is 3.48. The van der Waals surface area contributed by atoms with Crippen LogP contribution >= 0.6 is 15.9 Å². The number of benzene rings is 1. The molecule has 2 amide bonds. The van der Waals surface area contributed by atoms with E-state index in [2.05, 4.69) is 52.4 Å². The summed E-state index contributed by atoms with van der Waals surface area (Å²) in [6.45, 7) is 8.65. The third-order valence-electron chi connectivity index (χ3n) is 5.70. The van der Waals surface area contributed by atoms with Crippen molar-refractivity contribution >= 4 is 27.7 Å². The molecule has 0 radical (unpaired) electrons. The highest BCUT2D eigenvalue weighted by Crippen LogP contribution is 2.51. The number of carbonyl (C=O) groups excluding carboxylic acids is 2. The summed E-state index contributed by atoms with van der Waals surface area (Å²) in [6.07, 6.45) is 2.50. The van der Waals surface area contributed by atoms with Gasteiger partial charge in [-0.15, -0.1) is 0 Å². The van der Waals surface area contributed by atoms with Crippen molar-refractivity contribution in [1.29, 1.82) is 0 Å². The van der Waals surface area contributed by atoms with E-state index in [0.717, 1.165) is 17.3 Å². The molecular formula is C20H27BrN2O2. The maximum Gasteiger partial charge on any atom is 0.225 e. The van der Waals surface area contributed by atoms with Gasteiger partial charge in [-0.1, -0.05) is 28.1 Å². The summed E-state index contributed by atoms with van der Waals surface area (Å²) in [5.41, 5.74) is 1.09. The van der Waals surface area contributed by atoms with Crippen LogP contribution in [0.2, 0.25) is 0 Å². The van der Waals surface area contributed by atoms with Gasteiger partial charge in [0.25, 0.3) is 0 Å². The van der Waals surface area contributed by atoms with E-state index in [1.54, 1.807) is 0 Å². The molecule has 0 bridgehead atoms. The average Bonchev–Trinajstić information content (AvgIpc) is 3.23. The van der Waals surface area contributed by atoms with Gasteiger partial charge in [0.05, 0.1) is 5.92 Å². The molecule has 136 valence electrons. The zero-order valence-electron chi connectivity index (χ0n) is 15.4. The van der Waals surface area contributed by atoms with E-state index in [4.69, 9.17) is 0 Å². The van der Waals surface area contributed by atoms with Gasteiger partial charge in [0.15, 0.2) is 0 Å². The number of nitrogens with zero attached hydrogens (tertiary/aromatic N) is 1. The van der Waals surface area contributed by atoms with Crippen LogP contribution in [-0.4, -0.2) is 34.8 Å². The molecule has 4 nitrogen and oxygen atoms in total. The number of rotatable bonds is 4. The Morgan fingerprint density at radius 2 is 1.88 bits per heavy atom. The predicted molar refractivity (Wildman–Crippen MR) is 102 cm³/mol. The number of amides is 2. The van der Waals surface area contributed by atoms with Crippen LogP contribution in [0.3, 0.4) is 0 Å². The van der Waals surface area contributed by atoms with Crippen LogP contribution in [0.1, 0.15) is 52.5 Å². The molecule has 2 aliphatic rings. The standard InChI is InChI=1S/C20H27BrN2O2/c1-13(20(9-10-20)15-5-7-16(21)8-6-15)22-18(25)14-11-17(24)23(12-14)19(2,3)4/h5-8,13-14H,9-12H2,1-4H3,(H,22,25). The number of halogens is 1. The first-order valence-corrected chi connectivity index (χ1v) is 9.80. The lowest BCUT2D eigenvalue weighted by atomic mass is 9.88. The summed E-state index contributed by atoms with van der Waals surface area (Å²) in [5, 5.41) is 3.20. The van der Waals surface area contributed by atoms with E-state index in [9.17, 15) is 9.59 Å². The molecule has 3 rings (SSSR count). The minimum atomic E-state index is -0.241. The summed E-state index contributed by atoms with van der Waals surface area (Å²) < 4.78 is 1.07. The summed E-state index contributed by atoms with van der Waals surface area (Å²) in [4.78, 5) is 26.8. The predicted octanol–water partition coefficient (Wildman–Crippen LogP) is 3.63. The van der Waals surface area contributed by atoms with Crippen LogP contribution in [0.5, 0.6) is 0 Å². The molecule has 1 saturated heterocycles. The Kier molecular flexibility index (Phi) is 4.73. The lowest BCUT2D eigenvalue weighted by Crippen LogP contribution is -2.46. The minimum Gasteiger partial charge on any atom is -0.352 e. The summed E-state index contributed by atoms with van der Waals surface area (Å²) in [6, 6.07) is 8.46. The number of nitrogens with one attached hydrogen (secondary N) is 1. The lowest BCUT2D eigenvalue weighted by Gasteiger charge is -2.32. The van der Waals surface area contributed by atoms with Gasteiger partial charge in [0.1, 0.15) is 0 Å². The zero-order chi connectivity index (χ0) is 18.4. The van der Waals surface area contributed by atoms with Crippen LogP contribution in [0.4, 0.5) is 0 Å². The van der Waals surface area contributed by atoms with Gasteiger partial charge in [-0.25, -0.2) is 0 Å². The van der Waals surface area contributed by atoms with Crippen molar-refractivity contribution in [3.05, 3.63) is 34.3 Å². The van der Waals surface area contributed by atoms with Crippen molar-refractivity contribution in [2.45, 2.75) is 64.0 Å². The fourth-order valence-electron chi connectivity index (χ4n) is 3.89. The van der Waals surface area contributed by atoms with Crippen LogP contribution < -0.4 is 5.32 Å². The Labute approximate surface area is 158 Å². The highest BCUT2D eigenvalue weighted by molar-refractivity contribution is 9.10. The largest absolute Gasteiger partial charge is 0.352 e. The molecule has 1 N–H and O–H groups in total. The number of likely N-dealkylation sites (tertiary alicyclic amines) is 1. The van der Waals surface area contributed by atoms with Gasteiger partial charge in [-0.05, 0) is 58.2 Å². The van der Waals surface area contributed by atoms with E-state index >= 15 is 0 Å². The molecule has 1 aliphatic carbocycles. The number of hydrogen-bond acceptors (Lipinski definition) is 2. The Hall–Kier alpha value is -1.36. The average molecular weight is 407 g/mol. The Balaban J connectivity index is 1.65. The third kappa shape index (κ3) is 3.62. The molecule has 1 aromatic rings. The Morgan fingerprint density at radius 3 is 2.36 bits per heavy atom. The number of hydrogen-bond donors (Lipinski definition) is 1. The van der Waals surface area contributed by atoms with Gasteiger partial charge >= 0.3 is 0 Å². The van der Waals surface area contributed by atoms with Crippen LogP contribution in [0, 0.1) is 5.92 Å². The van der Waals surface area contributed by atoms with Crippen molar-refractivity contribution in [1.82, 2.24) is 10.2 Å². The van der Waals surface area contributed by atoms with E-state index < -0.39 is 0 Å². The number of carbonyl (C=O) groups is 2. The van der Waals surface area contributed by atoms with E-state index in [-0.39, 0.29) is 34.7 Å². The first kappa shape index (κ1) is 18.4. The molecule has 0 aromatic heterocycles. The third-order valence-corrected chi connectivity index (χ3v) is 6.23. The van der Waals surface area contributed by atoms with Crippen LogP contribution in [0.25, 0.3) is 0 Å². The van der Waals surface area contributed by atoms with Gasteiger partial charge in [-0.2, -0.15) is 0 Å². The molecule has 25 heavy (non-hydrogen) atoms. The second kappa shape index (κ2) is 6.42. The normalized spacial score (nSPS) is 23.5. The van der Waals surface area contributed by atoms with Crippen molar-refractivity contribution in [2.24, 2.45) is 5.92 Å². The summed E-state index contributed by atoms with van der Waals surface area (Å²) in [7, 11) is 0. The molecular weight excluding hydrogens is 380 g/mol. The van der Waals surface area contributed by atoms with Crippen LogP contribution in [-0.2, 0) is 15.0 Å². The minimum absolute atomic E-state index is 0.0102. The fraction of sp³-hybridized carbons (Fsp3) is 0.600. The molecule has 2 fully saturated rings. The summed E-state index contributed by atoms with van der Waals surface area (Å²) in [5.74, 6) is -0.153. The first-order chi connectivity index (χ1) is 11.6. The monoisotopic (exact) mass is 406 g/mol. The molecule has 2 unspecified atom stereocenters. The Bertz CT molecular complexity index is 674. The lowest BCUT2D eigenvalue weighted by molar-refractivity contribution is -0.132. The molecule has 0 spiro atoms. The second-order valence-electron chi connectivity index (χ2n) is 8.47. The van der Waals surface area contributed by atoms with E-state index in [1.165, 1.54) is 5.56 Å². The quantitative estimate of drug-likeness (QED) is 0.829. The molecule has 5 heteroatoms. The van der Waals surface area contributed by atoms with E-state index in [0.29, 0.717) is 13.0 Å². The van der Waals surface area contributed by atoms with E-state index in [1.807, 2.05) is 25.7 Å². The first-order valence-electron chi connectivity index (χ1n) is 9.00. The zero-order valence-corrected chi connectivity index (χ0v) is 17.0. The second-order valence-corrected chi connectivity index (χ2v) is 9.39. The van der Waals surface area contributed by atoms with Gasteiger partial charge in [-0.3, -0.25) is 9.59 Å². The maximum absolute atomic E-state index is 12.7. The molecule has 2 atom stereocenters. The molecule has 1 heterocycles. The SMILES string of the molecule is CC(NC(=O)C1CC(=O)N(C(C)(C)C)C1)C1(c2ccc(Br)cc2)CC1. The maximum atomic E-state index is 12.7.